The highest BCUT2D eigenvalue weighted by molar-refractivity contribution is 5.81. The number of hydrogen-bond acceptors (Lipinski definition) is 3. The molecule has 2 amide bonds. The van der Waals surface area contributed by atoms with Gasteiger partial charge in [0.25, 0.3) is 0 Å². The third kappa shape index (κ3) is 4.73. The van der Waals surface area contributed by atoms with Crippen LogP contribution in [-0.4, -0.2) is 30.9 Å². The van der Waals surface area contributed by atoms with Gasteiger partial charge in [-0.2, -0.15) is 0 Å². The summed E-state index contributed by atoms with van der Waals surface area (Å²) in [6.45, 7) is 4.18. The lowest BCUT2D eigenvalue weighted by molar-refractivity contribution is -0.126. The number of carbonyl (C=O) groups excluding carboxylic acids is 2. The Morgan fingerprint density at radius 3 is 2.41 bits per heavy atom. The fourth-order valence-electron chi connectivity index (χ4n) is 1.92. The van der Waals surface area contributed by atoms with Crippen LogP contribution in [0.2, 0.25) is 0 Å². The number of primary amides is 1. The molecule has 0 atom stereocenters. The summed E-state index contributed by atoms with van der Waals surface area (Å²) in [7, 11) is 0. The second-order valence-corrected chi connectivity index (χ2v) is 5.40. The van der Waals surface area contributed by atoms with Crippen LogP contribution in [0.25, 0.3) is 0 Å². The molecule has 5 heteroatoms. The van der Waals surface area contributed by atoms with Crippen molar-refractivity contribution in [3.8, 4) is 0 Å². The molecule has 1 aliphatic carbocycles. The maximum atomic E-state index is 11.6. The Hall–Kier alpha value is -1.10. The van der Waals surface area contributed by atoms with Crippen molar-refractivity contribution < 1.29 is 9.59 Å². The smallest absolute Gasteiger partial charge is 0.234 e. The number of amides is 2. The van der Waals surface area contributed by atoms with Crippen LogP contribution in [0, 0.1) is 5.41 Å². The van der Waals surface area contributed by atoms with Crippen LogP contribution in [-0.2, 0) is 9.59 Å². The molecule has 5 nitrogen and oxygen atoms in total. The standard InChI is InChI=1S/C12H23N3O2/c1-12(2,11(13)17)8-14-7-10(16)15-9-5-3-4-6-9/h9,14H,3-8H2,1-2H3,(H2,13,17)(H,15,16). The van der Waals surface area contributed by atoms with Crippen molar-refractivity contribution in [2.45, 2.75) is 45.6 Å². The van der Waals surface area contributed by atoms with Gasteiger partial charge in [0.05, 0.1) is 12.0 Å². The molecule has 0 unspecified atom stereocenters. The molecule has 0 aromatic carbocycles. The van der Waals surface area contributed by atoms with E-state index in [-0.39, 0.29) is 18.4 Å². The van der Waals surface area contributed by atoms with E-state index in [9.17, 15) is 9.59 Å². The lowest BCUT2D eigenvalue weighted by Gasteiger charge is -2.21. The Bertz CT molecular complexity index is 283. The van der Waals surface area contributed by atoms with Gasteiger partial charge in [-0.15, -0.1) is 0 Å². The second kappa shape index (κ2) is 6.00. The van der Waals surface area contributed by atoms with Crippen LogP contribution in [0.4, 0.5) is 0 Å². The highest BCUT2D eigenvalue weighted by Gasteiger charge is 2.24. The SMILES string of the molecule is CC(C)(CNCC(=O)NC1CCCC1)C(N)=O. The highest BCUT2D eigenvalue weighted by Crippen LogP contribution is 2.17. The molecule has 98 valence electrons. The van der Waals surface area contributed by atoms with Crippen molar-refractivity contribution in [2.75, 3.05) is 13.1 Å². The average molecular weight is 241 g/mol. The molecule has 17 heavy (non-hydrogen) atoms. The molecule has 0 aliphatic heterocycles. The first-order valence-electron chi connectivity index (χ1n) is 6.22. The summed E-state index contributed by atoms with van der Waals surface area (Å²) in [6, 6.07) is 0.341. The minimum atomic E-state index is -0.617. The van der Waals surface area contributed by atoms with E-state index in [1.807, 2.05) is 0 Å². The molecule has 1 rings (SSSR count). The fraction of sp³-hybridized carbons (Fsp3) is 0.833. The Morgan fingerprint density at radius 1 is 1.29 bits per heavy atom. The lowest BCUT2D eigenvalue weighted by atomic mass is 9.93. The van der Waals surface area contributed by atoms with Crippen LogP contribution in [0.1, 0.15) is 39.5 Å². The largest absolute Gasteiger partial charge is 0.369 e. The molecule has 0 spiro atoms. The zero-order chi connectivity index (χ0) is 12.9. The summed E-state index contributed by atoms with van der Waals surface area (Å²) in [4.78, 5) is 22.6. The van der Waals surface area contributed by atoms with E-state index in [0.29, 0.717) is 12.6 Å². The first kappa shape index (κ1) is 14.0. The zero-order valence-electron chi connectivity index (χ0n) is 10.7. The van der Waals surface area contributed by atoms with Crippen LogP contribution >= 0.6 is 0 Å². The van der Waals surface area contributed by atoms with Crippen LogP contribution in [0.3, 0.4) is 0 Å². The molecule has 1 aliphatic rings. The summed E-state index contributed by atoms with van der Waals surface area (Å²) in [5.74, 6) is -0.363. The molecule has 0 aromatic rings. The first-order valence-corrected chi connectivity index (χ1v) is 6.22. The zero-order valence-corrected chi connectivity index (χ0v) is 10.7. The molecule has 0 bridgehead atoms. The van der Waals surface area contributed by atoms with Gasteiger partial charge in [-0.1, -0.05) is 12.8 Å². The van der Waals surface area contributed by atoms with Gasteiger partial charge in [0.1, 0.15) is 0 Å². The van der Waals surface area contributed by atoms with Crippen molar-refractivity contribution >= 4 is 11.8 Å². The van der Waals surface area contributed by atoms with E-state index < -0.39 is 5.41 Å². The van der Waals surface area contributed by atoms with Gasteiger partial charge < -0.3 is 16.4 Å². The summed E-state index contributed by atoms with van der Waals surface area (Å²) in [6.07, 6.45) is 4.57. The van der Waals surface area contributed by atoms with E-state index in [1.165, 1.54) is 12.8 Å². The van der Waals surface area contributed by atoms with Crippen molar-refractivity contribution in [3.05, 3.63) is 0 Å². The molecular weight excluding hydrogens is 218 g/mol. The molecule has 1 fully saturated rings. The fourth-order valence-corrected chi connectivity index (χ4v) is 1.92. The van der Waals surface area contributed by atoms with Crippen molar-refractivity contribution in [3.63, 3.8) is 0 Å². The van der Waals surface area contributed by atoms with Gasteiger partial charge in [0.2, 0.25) is 11.8 Å². The van der Waals surface area contributed by atoms with Gasteiger partial charge in [0.15, 0.2) is 0 Å². The van der Waals surface area contributed by atoms with E-state index in [4.69, 9.17) is 5.73 Å². The molecule has 1 saturated carbocycles. The van der Waals surface area contributed by atoms with Crippen LogP contribution in [0.15, 0.2) is 0 Å². The normalized spacial score (nSPS) is 17.1. The Balaban J connectivity index is 2.17. The number of rotatable bonds is 6. The Kier molecular flexibility index (Phi) is 4.93. The molecule has 4 N–H and O–H groups in total. The molecule has 0 saturated heterocycles. The lowest BCUT2D eigenvalue weighted by Crippen LogP contribution is -2.45. The Morgan fingerprint density at radius 2 is 1.88 bits per heavy atom. The maximum absolute atomic E-state index is 11.6. The summed E-state index contributed by atoms with van der Waals surface area (Å²) in [5, 5.41) is 5.94. The monoisotopic (exact) mass is 241 g/mol. The van der Waals surface area contributed by atoms with E-state index in [2.05, 4.69) is 10.6 Å². The van der Waals surface area contributed by atoms with Gasteiger partial charge in [-0.3, -0.25) is 9.59 Å². The summed E-state index contributed by atoms with van der Waals surface area (Å²) < 4.78 is 0. The minimum Gasteiger partial charge on any atom is -0.369 e. The van der Waals surface area contributed by atoms with Crippen molar-refractivity contribution in [2.24, 2.45) is 11.1 Å². The van der Waals surface area contributed by atoms with Gasteiger partial charge in [-0.05, 0) is 26.7 Å². The number of hydrogen-bond donors (Lipinski definition) is 3. The topological polar surface area (TPSA) is 84.2 Å². The number of nitrogens with one attached hydrogen (secondary N) is 2. The van der Waals surface area contributed by atoms with Gasteiger partial charge in [0, 0.05) is 12.6 Å². The van der Waals surface area contributed by atoms with Gasteiger partial charge in [-0.25, -0.2) is 0 Å². The third-order valence-corrected chi connectivity index (χ3v) is 3.24. The second-order valence-electron chi connectivity index (χ2n) is 5.40. The average Bonchev–Trinajstić information content (AvgIpc) is 2.69. The van der Waals surface area contributed by atoms with Crippen LogP contribution in [0.5, 0.6) is 0 Å². The number of nitrogens with two attached hydrogens (primary N) is 1. The summed E-state index contributed by atoms with van der Waals surface area (Å²) in [5.41, 5.74) is 4.62. The third-order valence-electron chi connectivity index (χ3n) is 3.24. The van der Waals surface area contributed by atoms with Gasteiger partial charge >= 0.3 is 0 Å². The summed E-state index contributed by atoms with van der Waals surface area (Å²) >= 11 is 0. The van der Waals surface area contributed by atoms with Crippen LogP contribution < -0.4 is 16.4 Å². The maximum Gasteiger partial charge on any atom is 0.234 e. The van der Waals surface area contributed by atoms with E-state index in [1.54, 1.807) is 13.8 Å². The molecular formula is C12H23N3O2. The van der Waals surface area contributed by atoms with Crippen molar-refractivity contribution in [1.29, 1.82) is 0 Å². The first-order chi connectivity index (χ1) is 7.92. The predicted octanol–water partition coefficient (Wildman–Crippen LogP) is 0.146. The molecule has 0 radical (unpaired) electrons. The van der Waals surface area contributed by atoms with Crippen molar-refractivity contribution in [1.82, 2.24) is 10.6 Å². The Labute approximate surface area is 103 Å². The molecule has 0 aromatic heterocycles. The quantitative estimate of drug-likeness (QED) is 0.618. The highest BCUT2D eigenvalue weighted by atomic mass is 16.2. The van der Waals surface area contributed by atoms with E-state index >= 15 is 0 Å². The van der Waals surface area contributed by atoms with E-state index in [0.717, 1.165) is 12.8 Å². The molecule has 0 heterocycles. The predicted molar refractivity (Wildman–Crippen MR) is 66.2 cm³/mol. The minimum absolute atomic E-state index is 0.00262. The number of carbonyl (C=O) groups is 2.